The first-order valence-electron chi connectivity index (χ1n) is 13.9. The van der Waals surface area contributed by atoms with E-state index in [1.807, 2.05) is 28.8 Å². The zero-order valence-corrected chi connectivity index (χ0v) is 23.1. The Hall–Kier alpha value is -4.09. The number of benzene rings is 2. The Morgan fingerprint density at radius 2 is 1.90 bits per heavy atom. The Morgan fingerprint density at radius 3 is 2.66 bits per heavy atom. The van der Waals surface area contributed by atoms with Crippen molar-refractivity contribution in [2.75, 3.05) is 23.3 Å². The summed E-state index contributed by atoms with van der Waals surface area (Å²) in [6.07, 6.45) is 6.24. The zero-order chi connectivity index (χ0) is 28.1. The first-order chi connectivity index (χ1) is 20.0. The lowest BCUT2D eigenvalue weighted by molar-refractivity contribution is -0.121. The Bertz CT molecular complexity index is 1610. The van der Waals surface area contributed by atoms with Crippen LogP contribution in [0.25, 0.3) is 11.1 Å². The molecule has 1 fully saturated rings. The molecule has 4 aromatic rings. The lowest BCUT2D eigenvalue weighted by atomic mass is 9.99. The van der Waals surface area contributed by atoms with Gasteiger partial charge in [-0.1, -0.05) is 12.1 Å². The van der Waals surface area contributed by atoms with Gasteiger partial charge in [-0.2, -0.15) is 0 Å². The van der Waals surface area contributed by atoms with Gasteiger partial charge in [0.1, 0.15) is 5.82 Å². The van der Waals surface area contributed by atoms with Crippen molar-refractivity contribution in [2.45, 2.75) is 50.9 Å². The number of rotatable bonds is 6. The number of aryl methyl sites for hydroxylation is 1. The van der Waals surface area contributed by atoms with Crippen LogP contribution in [0.2, 0.25) is 0 Å². The van der Waals surface area contributed by atoms with Crippen molar-refractivity contribution in [1.29, 1.82) is 0 Å². The summed E-state index contributed by atoms with van der Waals surface area (Å²) in [6.45, 7) is 2.36. The lowest BCUT2D eigenvalue weighted by Gasteiger charge is -2.31. The van der Waals surface area contributed by atoms with E-state index in [0.717, 1.165) is 62.3 Å². The summed E-state index contributed by atoms with van der Waals surface area (Å²) in [6, 6.07) is 10.0. The molecule has 2 amide bonds. The molecule has 0 bridgehead atoms. The summed E-state index contributed by atoms with van der Waals surface area (Å²) in [4.78, 5) is 39.9. The highest BCUT2D eigenvalue weighted by Gasteiger charge is 2.42. The highest BCUT2D eigenvalue weighted by atomic mass is 32.1. The molecular weight excluding hydrogens is 543 g/mol. The fraction of sp³-hybridized carbons (Fsp3) is 0.333. The number of halogens is 1. The highest BCUT2D eigenvalue weighted by Crippen LogP contribution is 2.38. The second kappa shape index (κ2) is 10.4. The monoisotopic (exact) mass is 572 g/mol. The number of nitrogens with one attached hydrogen (secondary N) is 1. The molecular formula is C30H29FN6O3S. The topological polar surface area (TPSA) is 104 Å². The Balaban J connectivity index is 1.19. The van der Waals surface area contributed by atoms with E-state index in [0.29, 0.717) is 16.4 Å². The van der Waals surface area contributed by atoms with E-state index < -0.39 is 23.7 Å². The minimum Gasteiger partial charge on any atom is -0.393 e. The second-order valence-electron chi connectivity index (χ2n) is 10.8. The molecule has 1 unspecified atom stereocenters. The van der Waals surface area contributed by atoms with Gasteiger partial charge in [0.15, 0.2) is 11.2 Å². The molecule has 0 saturated carbocycles. The predicted molar refractivity (Wildman–Crippen MR) is 153 cm³/mol. The number of hydrogen-bond donors (Lipinski definition) is 2. The third-order valence-electron chi connectivity index (χ3n) is 8.32. The van der Waals surface area contributed by atoms with Crippen LogP contribution in [-0.4, -0.2) is 55.5 Å². The predicted octanol–water partition coefficient (Wildman–Crippen LogP) is 4.39. The van der Waals surface area contributed by atoms with E-state index in [1.165, 1.54) is 22.3 Å². The van der Waals surface area contributed by atoms with Gasteiger partial charge in [0.25, 0.3) is 11.8 Å². The van der Waals surface area contributed by atoms with Crippen LogP contribution in [0, 0.1) is 5.82 Å². The SMILES string of the molecule is O=C(Nc1nccs1)C(c1ncn2c1CCC2)N1Cc2c(F)cc(-c3ccc(N4CCC(O)CC4)cc3)cc2C1=O. The molecule has 1 atom stereocenters. The number of imidazole rings is 1. The number of carbonyl (C=O) groups excluding carboxylic acids is 2. The maximum Gasteiger partial charge on any atom is 0.255 e. The molecule has 0 spiro atoms. The smallest absolute Gasteiger partial charge is 0.255 e. The minimum absolute atomic E-state index is 0.0255. The van der Waals surface area contributed by atoms with Crippen LogP contribution >= 0.6 is 11.3 Å². The molecule has 3 aliphatic heterocycles. The summed E-state index contributed by atoms with van der Waals surface area (Å²) >= 11 is 1.29. The normalized spacial score (nSPS) is 17.6. The summed E-state index contributed by atoms with van der Waals surface area (Å²) in [5.41, 5.74) is 4.44. The van der Waals surface area contributed by atoms with Gasteiger partial charge in [-0.15, -0.1) is 11.3 Å². The largest absolute Gasteiger partial charge is 0.393 e. The van der Waals surface area contributed by atoms with Crippen LogP contribution in [0.1, 0.15) is 52.6 Å². The lowest BCUT2D eigenvalue weighted by Crippen LogP contribution is -2.38. The molecule has 7 rings (SSSR count). The summed E-state index contributed by atoms with van der Waals surface area (Å²) in [7, 11) is 0. The quantitative estimate of drug-likeness (QED) is 0.355. The average molecular weight is 573 g/mol. The first kappa shape index (κ1) is 25.8. The number of fused-ring (bicyclic) bond motifs is 2. The highest BCUT2D eigenvalue weighted by molar-refractivity contribution is 7.13. The Labute approximate surface area is 240 Å². The molecule has 9 nitrogen and oxygen atoms in total. The fourth-order valence-electron chi connectivity index (χ4n) is 6.15. The summed E-state index contributed by atoms with van der Waals surface area (Å²) in [5.74, 6) is -1.30. The first-order valence-corrected chi connectivity index (χ1v) is 14.8. The second-order valence-corrected chi connectivity index (χ2v) is 11.7. The van der Waals surface area contributed by atoms with Crippen molar-refractivity contribution in [3.05, 3.63) is 82.6 Å². The number of aromatic nitrogens is 3. The maximum absolute atomic E-state index is 15.6. The van der Waals surface area contributed by atoms with Crippen LogP contribution in [0.3, 0.4) is 0 Å². The van der Waals surface area contributed by atoms with Gasteiger partial charge in [0.2, 0.25) is 0 Å². The number of amides is 2. The van der Waals surface area contributed by atoms with Crippen molar-refractivity contribution in [2.24, 2.45) is 0 Å². The molecule has 1 saturated heterocycles. The average Bonchev–Trinajstić information content (AvgIpc) is 3.78. The van der Waals surface area contributed by atoms with Crippen molar-refractivity contribution in [3.63, 3.8) is 0 Å². The number of hydrogen-bond acceptors (Lipinski definition) is 7. The Morgan fingerprint density at radius 1 is 1.10 bits per heavy atom. The van der Waals surface area contributed by atoms with Gasteiger partial charge in [0.05, 0.1) is 24.7 Å². The Kier molecular flexibility index (Phi) is 6.55. The van der Waals surface area contributed by atoms with Crippen molar-refractivity contribution in [3.8, 4) is 11.1 Å². The number of carbonyl (C=O) groups is 2. The van der Waals surface area contributed by atoms with Gasteiger partial charge in [-0.25, -0.2) is 14.4 Å². The number of anilines is 2. The standard InChI is InChI=1S/C30H29FN6O3S/c31-24-15-19(18-3-5-20(6-4-18)35-11-7-21(38)8-12-35)14-22-23(24)16-37(29(22)40)27(28(39)34-30-32-9-13-41-30)26-25-2-1-10-36(25)17-33-26/h3-6,9,13-15,17,21,27,38H,1-2,7-8,10-12,16H2,(H,32,34,39). The fourth-order valence-corrected chi connectivity index (χ4v) is 6.69. The number of aliphatic hydroxyl groups excluding tert-OH is 1. The van der Waals surface area contributed by atoms with E-state index >= 15 is 4.39 Å². The number of nitrogens with zero attached hydrogens (tertiary/aromatic N) is 5. The molecule has 2 N–H and O–H groups in total. The van der Waals surface area contributed by atoms with Crippen molar-refractivity contribution in [1.82, 2.24) is 19.4 Å². The van der Waals surface area contributed by atoms with Crippen molar-refractivity contribution >= 4 is 34.0 Å². The number of piperidine rings is 1. The van der Waals surface area contributed by atoms with E-state index in [-0.39, 0.29) is 23.8 Å². The van der Waals surface area contributed by atoms with Crippen LogP contribution in [-0.2, 0) is 24.3 Å². The number of thiazole rings is 1. The van der Waals surface area contributed by atoms with Gasteiger partial charge in [-0.3, -0.25) is 14.9 Å². The molecule has 3 aliphatic rings. The van der Waals surface area contributed by atoms with Crippen molar-refractivity contribution < 1.29 is 19.1 Å². The van der Waals surface area contributed by atoms with Gasteiger partial charge in [0, 0.05) is 53.7 Å². The van der Waals surface area contributed by atoms with Gasteiger partial charge in [-0.05, 0) is 61.1 Å². The zero-order valence-electron chi connectivity index (χ0n) is 22.3. The van der Waals surface area contributed by atoms with Crippen LogP contribution < -0.4 is 10.2 Å². The summed E-state index contributed by atoms with van der Waals surface area (Å²) in [5, 5.41) is 14.8. The van der Waals surface area contributed by atoms with Crippen LogP contribution in [0.15, 0.2) is 54.3 Å². The third kappa shape index (κ3) is 4.68. The molecule has 5 heterocycles. The molecule has 11 heteroatoms. The molecule has 2 aromatic heterocycles. The molecule has 2 aromatic carbocycles. The third-order valence-corrected chi connectivity index (χ3v) is 9.01. The van der Waals surface area contributed by atoms with E-state index in [2.05, 4.69) is 20.2 Å². The maximum atomic E-state index is 15.6. The van der Waals surface area contributed by atoms with Gasteiger partial charge >= 0.3 is 0 Å². The van der Waals surface area contributed by atoms with Crippen LogP contribution in [0.5, 0.6) is 0 Å². The van der Waals surface area contributed by atoms with E-state index in [9.17, 15) is 14.7 Å². The molecule has 41 heavy (non-hydrogen) atoms. The number of aliphatic hydroxyl groups is 1. The van der Waals surface area contributed by atoms with Crippen LogP contribution in [0.4, 0.5) is 15.2 Å². The van der Waals surface area contributed by atoms with E-state index in [4.69, 9.17) is 0 Å². The summed E-state index contributed by atoms with van der Waals surface area (Å²) < 4.78 is 17.6. The minimum atomic E-state index is -1.02. The van der Waals surface area contributed by atoms with Gasteiger partial charge < -0.3 is 19.5 Å². The van der Waals surface area contributed by atoms with E-state index in [1.54, 1.807) is 24.0 Å². The molecule has 210 valence electrons. The molecule has 0 radical (unpaired) electrons. The molecule has 0 aliphatic carbocycles.